The minimum absolute atomic E-state index is 0.0487. The molecule has 6 aliphatic rings. The fraction of sp³-hybridized carbons (Fsp3) is 0.654. The molecule has 0 spiro atoms. The van der Waals surface area contributed by atoms with E-state index in [-0.39, 0.29) is 29.9 Å². The molecule has 3 amide bonds. The van der Waals surface area contributed by atoms with E-state index in [2.05, 4.69) is 10.6 Å². The van der Waals surface area contributed by atoms with E-state index in [1.54, 1.807) is 4.90 Å². The summed E-state index contributed by atoms with van der Waals surface area (Å²) < 4.78 is 35.1. The second-order valence-electron chi connectivity index (χ2n) is 11.5. The van der Waals surface area contributed by atoms with Crippen molar-refractivity contribution >= 4 is 23.6 Å². The van der Waals surface area contributed by atoms with E-state index in [0.29, 0.717) is 25.3 Å². The summed E-state index contributed by atoms with van der Waals surface area (Å²) >= 11 is 0. The predicted octanol–water partition coefficient (Wildman–Crippen LogP) is 3.62. The number of nitrogens with zero attached hydrogens (tertiary/aromatic N) is 1. The number of hydrogen-bond donors (Lipinski definition) is 2. The van der Waals surface area contributed by atoms with Gasteiger partial charge >= 0.3 is 6.09 Å². The predicted molar refractivity (Wildman–Crippen MR) is 123 cm³/mol. The van der Waals surface area contributed by atoms with Gasteiger partial charge in [-0.25, -0.2) is 13.6 Å². The van der Waals surface area contributed by atoms with E-state index in [0.717, 1.165) is 17.8 Å². The number of benzene rings is 1. The number of carbonyl (C=O) groups is 3. The molecule has 2 heterocycles. The zero-order valence-corrected chi connectivity index (χ0v) is 19.7. The van der Waals surface area contributed by atoms with Crippen LogP contribution in [0.1, 0.15) is 62.8 Å². The van der Waals surface area contributed by atoms with Crippen LogP contribution in [-0.2, 0) is 14.3 Å². The molecule has 9 heteroatoms. The average molecular weight is 488 g/mol. The molecule has 35 heavy (non-hydrogen) atoms. The van der Waals surface area contributed by atoms with Gasteiger partial charge in [-0.1, -0.05) is 0 Å². The van der Waals surface area contributed by atoms with Crippen molar-refractivity contribution in [2.45, 2.75) is 63.4 Å². The van der Waals surface area contributed by atoms with E-state index in [1.807, 2.05) is 0 Å². The van der Waals surface area contributed by atoms with Crippen molar-refractivity contribution in [3.8, 4) is 0 Å². The van der Waals surface area contributed by atoms with Crippen molar-refractivity contribution in [3.05, 3.63) is 29.3 Å². The van der Waals surface area contributed by atoms with Crippen molar-refractivity contribution < 1.29 is 27.9 Å². The van der Waals surface area contributed by atoms with Gasteiger partial charge in [0.25, 0.3) is 0 Å². The Bertz CT molecular complexity index is 1010. The zero-order valence-electron chi connectivity index (χ0n) is 19.7. The number of carbonyl (C=O) groups excluding carboxylic acids is 3. The van der Waals surface area contributed by atoms with Crippen LogP contribution in [0.3, 0.4) is 0 Å². The Morgan fingerprint density at radius 3 is 2.23 bits per heavy atom. The molecule has 1 aromatic rings. The molecule has 2 saturated heterocycles. The Balaban J connectivity index is 1.01. The molecule has 188 valence electrons. The monoisotopic (exact) mass is 487 g/mol. The fourth-order valence-corrected chi connectivity index (χ4v) is 7.74. The van der Waals surface area contributed by atoms with Crippen LogP contribution < -0.4 is 15.5 Å². The smallest absolute Gasteiger partial charge is 0.407 e. The van der Waals surface area contributed by atoms with Crippen LogP contribution in [-0.4, -0.2) is 43.6 Å². The molecule has 4 bridgehead atoms. The molecule has 1 atom stereocenters. The highest BCUT2D eigenvalue weighted by Crippen LogP contribution is 2.59. The van der Waals surface area contributed by atoms with Crippen LogP contribution in [0, 0.1) is 34.8 Å². The highest BCUT2D eigenvalue weighted by atomic mass is 19.1. The van der Waals surface area contributed by atoms with Crippen LogP contribution in [0.25, 0.3) is 0 Å². The van der Waals surface area contributed by atoms with E-state index in [4.69, 9.17) is 4.74 Å². The SMILES string of the molecule is O=C1CCC(c2c(F)cc(N3CC(OC(=O)NCC45CC6CC(CC(C6)C4)C5)C3)cc2F)C(=O)N1. The summed E-state index contributed by atoms with van der Waals surface area (Å²) in [4.78, 5) is 37.5. The third-order valence-electron chi connectivity index (χ3n) is 8.91. The maximum Gasteiger partial charge on any atom is 0.407 e. The molecule has 2 N–H and O–H groups in total. The average Bonchev–Trinajstić information content (AvgIpc) is 2.74. The van der Waals surface area contributed by atoms with Crippen LogP contribution >= 0.6 is 0 Å². The van der Waals surface area contributed by atoms with Crippen LogP contribution in [0.5, 0.6) is 0 Å². The molecule has 1 unspecified atom stereocenters. The molecule has 7 nitrogen and oxygen atoms in total. The Labute approximate surface area is 202 Å². The van der Waals surface area contributed by atoms with Crippen molar-refractivity contribution in [1.29, 1.82) is 0 Å². The minimum atomic E-state index is -1.02. The number of amides is 3. The molecule has 1 aromatic carbocycles. The highest BCUT2D eigenvalue weighted by Gasteiger charge is 2.51. The van der Waals surface area contributed by atoms with Crippen molar-refractivity contribution in [2.75, 3.05) is 24.5 Å². The minimum Gasteiger partial charge on any atom is -0.442 e. The topological polar surface area (TPSA) is 87.7 Å². The quantitative estimate of drug-likeness (QED) is 0.620. The van der Waals surface area contributed by atoms with Gasteiger partial charge < -0.3 is 15.0 Å². The molecule has 6 fully saturated rings. The van der Waals surface area contributed by atoms with Gasteiger partial charge in [-0.05, 0) is 80.2 Å². The van der Waals surface area contributed by atoms with Crippen LogP contribution in [0.15, 0.2) is 12.1 Å². The summed E-state index contributed by atoms with van der Waals surface area (Å²) in [5.74, 6) is -1.29. The molecule has 4 aliphatic carbocycles. The first-order valence-electron chi connectivity index (χ1n) is 12.8. The Morgan fingerprint density at radius 2 is 1.66 bits per heavy atom. The second kappa shape index (κ2) is 8.45. The summed E-state index contributed by atoms with van der Waals surface area (Å²) in [6.45, 7) is 1.37. The summed E-state index contributed by atoms with van der Waals surface area (Å²) in [6, 6.07) is 2.40. The summed E-state index contributed by atoms with van der Waals surface area (Å²) in [6.07, 6.45) is 7.07. The molecule has 0 radical (unpaired) electrons. The number of ether oxygens (including phenoxy) is 1. The first kappa shape index (κ1) is 22.7. The number of halogens is 2. The lowest BCUT2D eigenvalue weighted by Crippen LogP contribution is -2.55. The van der Waals surface area contributed by atoms with Gasteiger partial charge in [0.1, 0.15) is 17.7 Å². The van der Waals surface area contributed by atoms with Crippen molar-refractivity contribution in [3.63, 3.8) is 0 Å². The third kappa shape index (κ3) is 4.27. The van der Waals surface area contributed by atoms with E-state index < -0.39 is 35.5 Å². The number of rotatable bonds is 5. The normalized spacial score (nSPS) is 33.9. The van der Waals surface area contributed by atoms with E-state index in [9.17, 15) is 23.2 Å². The first-order valence-corrected chi connectivity index (χ1v) is 12.8. The van der Waals surface area contributed by atoms with Gasteiger partial charge in [0.15, 0.2) is 0 Å². The number of piperidine rings is 1. The van der Waals surface area contributed by atoms with Crippen molar-refractivity contribution in [1.82, 2.24) is 10.6 Å². The number of alkyl carbamates (subject to hydrolysis) is 1. The van der Waals surface area contributed by atoms with Crippen LogP contribution in [0.2, 0.25) is 0 Å². The maximum atomic E-state index is 14.8. The Kier molecular flexibility index (Phi) is 5.49. The summed E-state index contributed by atoms with van der Waals surface area (Å²) in [5, 5.41) is 5.14. The standard InChI is InChI=1S/C26H31F2N3O4/c27-20-6-17(7-21(28)23(20)19-1-2-22(32)30-24(19)33)31-11-18(12-31)35-25(34)29-13-26-8-14-3-15(9-26)5-16(4-14)10-26/h6-7,14-16,18-19H,1-5,8-13H2,(H,29,34)(H,30,32,33). The number of imide groups is 1. The number of nitrogens with one attached hydrogen (secondary N) is 2. The largest absolute Gasteiger partial charge is 0.442 e. The van der Waals surface area contributed by atoms with Gasteiger partial charge in [0.2, 0.25) is 11.8 Å². The zero-order chi connectivity index (χ0) is 24.3. The third-order valence-corrected chi connectivity index (χ3v) is 8.91. The Morgan fingerprint density at radius 1 is 1.06 bits per heavy atom. The molecule has 4 saturated carbocycles. The molecule has 2 aliphatic heterocycles. The molecular formula is C26H31F2N3O4. The Hall–Kier alpha value is -2.71. The fourth-order valence-electron chi connectivity index (χ4n) is 7.74. The maximum absolute atomic E-state index is 14.8. The van der Waals surface area contributed by atoms with Gasteiger partial charge in [-0.3, -0.25) is 14.9 Å². The highest BCUT2D eigenvalue weighted by molar-refractivity contribution is 6.01. The van der Waals surface area contributed by atoms with Crippen LogP contribution in [0.4, 0.5) is 19.3 Å². The van der Waals surface area contributed by atoms with E-state index >= 15 is 0 Å². The van der Waals surface area contributed by atoms with Gasteiger partial charge in [0, 0.05) is 24.2 Å². The summed E-state index contributed by atoms with van der Waals surface area (Å²) in [5.41, 5.74) is 0.264. The lowest BCUT2D eigenvalue weighted by atomic mass is 9.49. The lowest BCUT2D eigenvalue weighted by molar-refractivity contribution is -0.134. The molecule has 7 rings (SSSR count). The van der Waals surface area contributed by atoms with Gasteiger partial charge in [0.05, 0.1) is 19.0 Å². The van der Waals surface area contributed by atoms with Gasteiger partial charge in [-0.2, -0.15) is 0 Å². The number of hydrogen-bond acceptors (Lipinski definition) is 5. The molecular weight excluding hydrogens is 456 g/mol. The van der Waals surface area contributed by atoms with Gasteiger partial charge in [-0.15, -0.1) is 0 Å². The van der Waals surface area contributed by atoms with Crippen molar-refractivity contribution in [2.24, 2.45) is 23.2 Å². The molecule has 0 aromatic heterocycles. The lowest BCUT2D eigenvalue weighted by Gasteiger charge is -2.56. The number of anilines is 1. The first-order chi connectivity index (χ1) is 16.8. The summed E-state index contributed by atoms with van der Waals surface area (Å²) in [7, 11) is 0. The second-order valence-corrected chi connectivity index (χ2v) is 11.5. The van der Waals surface area contributed by atoms with E-state index in [1.165, 1.54) is 50.7 Å².